The molecule has 0 radical (unpaired) electrons. The first-order valence-electron chi connectivity index (χ1n) is 4.73. The zero-order valence-electron chi connectivity index (χ0n) is 9.08. The number of hydrogen-bond donors (Lipinski definition) is 1. The van der Waals surface area contributed by atoms with Crippen LogP contribution < -0.4 is 0 Å². The quantitative estimate of drug-likeness (QED) is 0.826. The van der Waals surface area contributed by atoms with Gasteiger partial charge < -0.3 is 5.11 Å². The van der Waals surface area contributed by atoms with Crippen LogP contribution in [0, 0.1) is 0 Å². The van der Waals surface area contributed by atoms with Gasteiger partial charge in [-0.15, -0.1) is 0 Å². The first-order valence-corrected chi connectivity index (χ1v) is 6.62. The average Bonchev–Trinajstić information content (AvgIpc) is 2.48. The first-order chi connectivity index (χ1) is 6.80. The summed E-state index contributed by atoms with van der Waals surface area (Å²) < 4.78 is 23.9. The maximum atomic E-state index is 11.2. The minimum atomic E-state index is -3.19. The summed E-state index contributed by atoms with van der Waals surface area (Å²) in [5, 5.41) is 13.2. The molecule has 1 aromatic rings. The Bertz CT molecular complexity index is 422. The highest BCUT2D eigenvalue weighted by Gasteiger charge is 2.14. The molecule has 0 aliphatic carbocycles. The maximum Gasteiger partial charge on any atom is 0.178 e. The third kappa shape index (κ3) is 3.32. The van der Waals surface area contributed by atoms with E-state index in [0.29, 0.717) is 6.42 Å². The Labute approximate surface area is 89.6 Å². The lowest BCUT2D eigenvalue weighted by atomic mass is 10.2. The van der Waals surface area contributed by atoms with Crippen molar-refractivity contribution < 1.29 is 13.5 Å². The number of sulfone groups is 1. The summed E-state index contributed by atoms with van der Waals surface area (Å²) in [5.74, 6) is 0. The fraction of sp³-hybridized carbons (Fsp3) is 0.667. The summed E-state index contributed by atoms with van der Waals surface area (Å²) in [5.41, 5.74) is 0. The number of aromatic nitrogens is 2. The van der Waals surface area contributed by atoms with E-state index >= 15 is 0 Å². The predicted octanol–water partition coefficient (Wildman–Crippen LogP) is 0.619. The second-order valence-electron chi connectivity index (χ2n) is 3.86. The van der Waals surface area contributed by atoms with Gasteiger partial charge in [0.05, 0.1) is 18.3 Å². The Balaban J connectivity index is 2.85. The smallest absolute Gasteiger partial charge is 0.178 e. The van der Waals surface area contributed by atoms with Crippen molar-refractivity contribution in [1.29, 1.82) is 0 Å². The summed E-state index contributed by atoms with van der Waals surface area (Å²) in [6.45, 7) is 3.57. The van der Waals surface area contributed by atoms with Gasteiger partial charge in [0.25, 0.3) is 0 Å². The molecular formula is C9H16N2O3S. The van der Waals surface area contributed by atoms with Crippen molar-refractivity contribution in [2.45, 2.75) is 37.3 Å². The lowest BCUT2D eigenvalue weighted by Crippen LogP contribution is -2.12. The number of aliphatic hydroxyl groups is 1. The normalized spacial score (nSPS) is 16.3. The third-order valence-corrected chi connectivity index (χ3v) is 3.21. The molecule has 2 atom stereocenters. The van der Waals surface area contributed by atoms with E-state index in [-0.39, 0.29) is 10.9 Å². The first kappa shape index (κ1) is 12.2. The van der Waals surface area contributed by atoms with Gasteiger partial charge in [-0.3, -0.25) is 4.68 Å². The molecule has 0 aliphatic rings. The Kier molecular flexibility index (Phi) is 3.51. The SMILES string of the molecule is CC(O)CC(C)n1cc(S(C)(=O)=O)cn1. The highest BCUT2D eigenvalue weighted by atomic mass is 32.2. The van der Waals surface area contributed by atoms with Gasteiger partial charge >= 0.3 is 0 Å². The molecule has 2 unspecified atom stereocenters. The molecule has 0 spiro atoms. The van der Waals surface area contributed by atoms with Gasteiger partial charge in [-0.25, -0.2) is 8.42 Å². The van der Waals surface area contributed by atoms with Gasteiger partial charge in [0.2, 0.25) is 0 Å². The Hall–Kier alpha value is -0.880. The van der Waals surface area contributed by atoms with Crippen LogP contribution in [0.2, 0.25) is 0 Å². The molecule has 86 valence electrons. The van der Waals surface area contributed by atoms with Crippen molar-refractivity contribution in [3.63, 3.8) is 0 Å². The topological polar surface area (TPSA) is 72.2 Å². The molecule has 1 rings (SSSR count). The van der Waals surface area contributed by atoms with E-state index in [4.69, 9.17) is 0 Å². The molecule has 15 heavy (non-hydrogen) atoms. The van der Waals surface area contributed by atoms with Crippen LogP contribution in [0.4, 0.5) is 0 Å². The number of rotatable bonds is 4. The van der Waals surface area contributed by atoms with Crippen LogP contribution in [0.5, 0.6) is 0 Å². The minimum Gasteiger partial charge on any atom is -0.393 e. The summed E-state index contributed by atoms with van der Waals surface area (Å²) in [6.07, 6.45) is 4.08. The molecule has 1 heterocycles. The maximum absolute atomic E-state index is 11.2. The molecule has 0 aliphatic heterocycles. The Morgan fingerprint density at radius 3 is 2.53 bits per heavy atom. The molecule has 0 bridgehead atoms. The van der Waals surface area contributed by atoms with Gasteiger partial charge in [0, 0.05) is 12.5 Å². The van der Waals surface area contributed by atoms with Gasteiger partial charge in [-0.2, -0.15) is 5.10 Å². The highest BCUT2D eigenvalue weighted by molar-refractivity contribution is 7.90. The second-order valence-corrected chi connectivity index (χ2v) is 5.88. The van der Waals surface area contributed by atoms with Crippen molar-refractivity contribution >= 4 is 9.84 Å². The van der Waals surface area contributed by atoms with E-state index in [2.05, 4.69) is 5.10 Å². The van der Waals surface area contributed by atoms with Crippen LogP contribution in [0.15, 0.2) is 17.3 Å². The average molecular weight is 232 g/mol. The largest absolute Gasteiger partial charge is 0.393 e. The van der Waals surface area contributed by atoms with Crippen LogP contribution >= 0.6 is 0 Å². The number of aliphatic hydroxyl groups excluding tert-OH is 1. The Morgan fingerprint density at radius 2 is 2.13 bits per heavy atom. The molecular weight excluding hydrogens is 216 g/mol. The van der Waals surface area contributed by atoms with Crippen LogP contribution in [0.1, 0.15) is 26.3 Å². The van der Waals surface area contributed by atoms with Crippen LogP contribution in [0.3, 0.4) is 0 Å². The van der Waals surface area contributed by atoms with Crippen LogP contribution in [-0.2, 0) is 9.84 Å². The Morgan fingerprint density at radius 1 is 1.53 bits per heavy atom. The monoisotopic (exact) mass is 232 g/mol. The van der Waals surface area contributed by atoms with Crippen molar-refractivity contribution in [3.05, 3.63) is 12.4 Å². The van der Waals surface area contributed by atoms with Crippen LogP contribution in [0.25, 0.3) is 0 Å². The van der Waals surface area contributed by atoms with E-state index in [0.717, 1.165) is 6.26 Å². The summed E-state index contributed by atoms with van der Waals surface area (Å²) in [6, 6.07) is -0.0134. The molecule has 0 aromatic carbocycles. The van der Waals surface area contributed by atoms with Gasteiger partial charge in [-0.05, 0) is 20.3 Å². The van der Waals surface area contributed by atoms with E-state index in [9.17, 15) is 13.5 Å². The van der Waals surface area contributed by atoms with E-state index in [1.165, 1.54) is 12.4 Å². The zero-order chi connectivity index (χ0) is 11.6. The van der Waals surface area contributed by atoms with Gasteiger partial charge in [-0.1, -0.05) is 0 Å². The standard InChI is InChI=1S/C9H16N2O3S/c1-7(4-8(2)12)11-6-9(5-10-11)15(3,13)14/h5-8,12H,4H2,1-3H3. The third-order valence-electron chi connectivity index (χ3n) is 2.14. The lowest BCUT2D eigenvalue weighted by molar-refractivity contribution is 0.162. The number of hydrogen-bond acceptors (Lipinski definition) is 4. The molecule has 5 nitrogen and oxygen atoms in total. The van der Waals surface area contributed by atoms with Gasteiger partial charge in [0.1, 0.15) is 4.90 Å². The van der Waals surface area contributed by atoms with E-state index in [1.54, 1.807) is 11.6 Å². The van der Waals surface area contributed by atoms with Crippen molar-refractivity contribution in [2.24, 2.45) is 0 Å². The summed E-state index contributed by atoms with van der Waals surface area (Å²) in [4.78, 5) is 0.208. The lowest BCUT2D eigenvalue weighted by Gasteiger charge is -2.13. The number of nitrogens with zero attached hydrogens (tertiary/aromatic N) is 2. The summed E-state index contributed by atoms with van der Waals surface area (Å²) >= 11 is 0. The van der Waals surface area contributed by atoms with Crippen molar-refractivity contribution in [1.82, 2.24) is 9.78 Å². The minimum absolute atomic E-state index is 0.0134. The van der Waals surface area contributed by atoms with Gasteiger partial charge in [0.15, 0.2) is 9.84 Å². The molecule has 0 saturated heterocycles. The van der Waals surface area contributed by atoms with Crippen molar-refractivity contribution in [3.8, 4) is 0 Å². The second kappa shape index (κ2) is 4.32. The molecule has 0 amide bonds. The van der Waals surface area contributed by atoms with E-state index in [1.807, 2.05) is 6.92 Å². The fourth-order valence-electron chi connectivity index (χ4n) is 1.35. The van der Waals surface area contributed by atoms with Crippen LogP contribution in [-0.4, -0.2) is 35.7 Å². The summed E-state index contributed by atoms with van der Waals surface area (Å²) in [7, 11) is -3.19. The molecule has 0 saturated carbocycles. The predicted molar refractivity (Wildman–Crippen MR) is 56.3 cm³/mol. The molecule has 6 heteroatoms. The zero-order valence-corrected chi connectivity index (χ0v) is 9.90. The molecule has 0 fully saturated rings. The highest BCUT2D eigenvalue weighted by Crippen LogP contribution is 2.15. The molecule has 1 N–H and O–H groups in total. The fourth-order valence-corrected chi connectivity index (χ4v) is 1.89. The van der Waals surface area contributed by atoms with E-state index < -0.39 is 15.9 Å². The van der Waals surface area contributed by atoms with Crippen molar-refractivity contribution in [2.75, 3.05) is 6.26 Å². The molecule has 1 aromatic heterocycles.